The molecular formula is C17H17NO2. The SMILES string of the molecule is O=C1CC(c2ccccc2)N(O)C(c2ccccc2)C1. The second-order valence-electron chi connectivity index (χ2n) is 5.18. The van der Waals surface area contributed by atoms with Crippen LogP contribution in [0.2, 0.25) is 0 Å². The highest BCUT2D eigenvalue weighted by Crippen LogP contribution is 2.38. The number of Topliss-reactive ketones (excluding diaryl/α,β-unsaturated/α-hetero) is 1. The van der Waals surface area contributed by atoms with Crippen LogP contribution in [0.15, 0.2) is 60.7 Å². The van der Waals surface area contributed by atoms with Crippen molar-refractivity contribution in [3.63, 3.8) is 0 Å². The van der Waals surface area contributed by atoms with Crippen LogP contribution >= 0.6 is 0 Å². The van der Waals surface area contributed by atoms with E-state index < -0.39 is 0 Å². The van der Waals surface area contributed by atoms with Gasteiger partial charge in [-0.2, -0.15) is 5.06 Å². The van der Waals surface area contributed by atoms with Gasteiger partial charge in [-0.3, -0.25) is 4.79 Å². The Morgan fingerprint density at radius 1 is 0.800 bits per heavy atom. The van der Waals surface area contributed by atoms with E-state index in [1.165, 1.54) is 5.06 Å². The fraction of sp³-hybridized carbons (Fsp3) is 0.235. The van der Waals surface area contributed by atoms with Crippen molar-refractivity contribution in [1.82, 2.24) is 5.06 Å². The van der Waals surface area contributed by atoms with Crippen molar-refractivity contribution in [2.24, 2.45) is 0 Å². The Balaban J connectivity index is 1.92. The number of benzene rings is 2. The monoisotopic (exact) mass is 267 g/mol. The molecule has 0 aromatic heterocycles. The van der Waals surface area contributed by atoms with E-state index in [2.05, 4.69) is 0 Å². The standard InChI is InChI=1S/C17H17NO2/c19-15-11-16(13-7-3-1-4-8-13)18(20)17(12-15)14-9-5-2-6-10-14/h1-10,16-17,20H,11-12H2. The van der Waals surface area contributed by atoms with Crippen LogP contribution in [0.3, 0.4) is 0 Å². The number of hydrogen-bond acceptors (Lipinski definition) is 3. The van der Waals surface area contributed by atoms with Crippen LogP contribution in [0.5, 0.6) is 0 Å². The van der Waals surface area contributed by atoms with Gasteiger partial charge in [0, 0.05) is 12.8 Å². The summed E-state index contributed by atoms with van der Waals surface area (Å²) < 4.78 is 0. The van der Waals surface area contributed by atoms with Crippen LogP contribution in [0.4, 0.5) is 0 Å². The Bertz CT molecular complexity index is 531. The van der Waals surface area contributed by atoms with E-state index >= 15 is 0 Å². The third-order valence-electron chi connectivity index (χ3n) is 3.85. The van der Waals surface area contributed by atoms with E-state index in [4.69, 9.17) is 0 Å². The molecule has 2 atom stereocenters. The van der Waals surface area contributed by atoms with Crippen molar-refractivity contribution >= 4 is 5.78 Å². The summed E-state index contributed by atoms with van der Waals surface area (Å²) in [4.78, 5) is 12.0. The predicted molar refractivity (Wildman–Crippen MR) is 76.2 cm³/mol. The van der Waals surface area contributed by atoms with Crippen molar-refractivity contribution in [3.8, 4) is 0 Å². The molecule has 3 rings (SSSR count). The van der Waals surface area contributed by atoms with Gasteiger partial charge < -0.3 is 5.21 Å². The number of carbonyl (C=O) groups excluding carboxylic acids is 1. The zero-order valence-corrected chi connectivity index (χ0v) is 11.1. The molecule has 1 fully saturated rings. The van der Waals surface area contributed by atoms with Crippen molar-refractivity contribution in [2.45, 2.75) is 24.9 Å². The van der Waals surface area contributed by atoms with E-state index in [0.29, 0.717) is 12.8 Å². The first kappa shape index (κ1) is 13.0. The number of carbonyl (C=O) groups is 1. The number of ketones is 1. The maximum atomic E-state index is 12.0. The van der Waals surface area contributed by atoms with Gasteiger partial charge in [0.2, 0.25) is 0 Å². The molecule has 2 unspecified atom stereocenters. The number of piperidine rings is 1. The molecule has 0 spiro atoms. The lowest BCUT2D eigenvalue weighted by molar-refractivity contribution is -0.185. The van der Waals surface area contributed by atoms with Gasteiger partial charge >= 0.3 is 0 Å². The summed E-state index contributed by atoms with van der Waals surface area (Å²) in [7, 11) is 0. The van der Waals surface area contributed by atoms with Crippen LogP contribution in [-0.4, -0.2) is 16.1 Å². The number of hydrogen-bond donors (Lipinski definition) is 1. The fourth-order valence-electron chi connectivity index (χ4n) is 2.81. The van der Waals surface area contributed by atoms with Crippen LogP contribution in [0.25, 0.3) is 0 Å². The summed E-state index contributed by atoms with van der Waals surface area (Å²) in [5.74, 6) is 0.193. The smallest absolute Gasteiger partial charge is 0.136 e. The van der Waals surface area contributed by atoms with E-state index in [1.54, 1.807) is 0 Å². The molecule has 1 saturated heterocycles. The number of rotatable bonds is 2. The Morgan fingerprint density at radius 2 is 1.20 bits per heavy atom. The first-order valence-corrected chi connectivity index (χ1v) is 6.84. The number of nitrogens with zero attached hydrogens (tertiary/aromatic N) is 1. The van der Waals surface area contributed by atoms with Crippen molar-refractivity contribution in [3.05, 3.63) is 71.8 Å². The lowest BCUT2D eigenvalue weighted by Gasteiger charge is -2.37. The van der Waals surface area contributed by atoms with Gasteiger partial charge in [-0.05, 0) is 11.1 Å². The fourth-order valence-corrected chi connectivity index (χ4v) is 2.81. The molecule has 2 aromatic rings. The highest BCUT2D eigenvalue weighted by Gasteiger charge is 2.35. The molecule has 0 amide bonds. The van der Waals surface area contributed by atoms with Gasteiger partial charge in [-0.25, -0.2) is 0 Å². The molecule has 20 heavy (non-hydrogen) atoms. The highest BCUT2D eigenvalue weighted by molar-refractivity contribution is 5.81. The van der Waals surface area contributed by atoms with Gasteiger partial charge in [0.1, 0.15) is 5.78 Å². The molecule has 0 radical (unpaired) electrons. The van der Waals surface area contributed by atoms with Crippen LogP contribution in [0.1, 0.15) is 36.1 Å². The third-order valence-corrected chi connectivity index (χ3v) is 3.85. The summed E-state index contributed by atoms with van der Waals surface area (Å²) >= 11 is 0. The van der Waals surface area contributed by atoms with Crippen LogP contribution in [-0.2, 0) is 4.79 Å². The van der Waals surface area contributed by atoms with Gasteiger partial charge in [0.15, 0.2) is 0 Å². The molecule has 3 nitrogen and oxygen atoms in total. The van der Waals surface area contributed by atoms with Gasteiger partial charge in [-0.1, -0.05) is 60.7 Å². The quantitative estimate of drug-likeness (QED) is 0.905. The predicted octanol–water partition coefficient (Wildman–Crippen LogP) is 3.52. The minimum atomic E-state index is -0.261. The Labute approximate surface area is 118 Å². The lowest BCUT2D eigenvalue weighted by Crippen LogP contribution is -2.37. The second kappa shape index (κ2) is 5.57. The van der Waals surface area contributed by atoms with E-state index in [1.807, 2.05) is 60.7 Å². The molecule has 3 heteroatoms. The molecular weight excluding hydrogens is 250 g/mol. The molecule has 0 saturated carbocycles. The zero-order valence-electron chi connectivity index (χ0n) is 11.1. The van der Waals surface area contributed by atoms with E-state index in [-0.39, 0.29) is 17.9 Å². The van der Waals surface area contributed by atoms with Crippen molar-refractivity contribution < 1.29 is 10.0 Å². The maximum absolute atomic E-state index is 12.0. The first-order chi connectivity index (χ1) is 9.75. The molecule has 1 heterocycles. The minimum absolute atomic E-state index is 0.193. The summed E-state index contributed by atoms with van der Waals surface area (Å²) in [6, 6.07) is 18.9. The van der Waals surface area contributed by atoms with Crippen molar-refractivity contribution in [1.29, 1.82) is 0 Å². The lowest BCUT2D eigenvalue weighted by atomic mass is 9.89. The Hall–Kier alpha value is -1.97. The Morgan fingerprint density at radius 3 is 1.60 bits per heavy atom. The van der Waals surface area contributed by atoms with Gasteiger partial charge in [0.05, 0.1) is 12.1 Å². The largest absolute Gasteiger partial charge is 0.313 e. The van der Waals surface area contributed by atoms with Gasteiger partial charge in [0.25, 0.3) is 0 Å². The molecule has 102 valence electrons. The summed E-state index contributed by atoms with van der Waals surface area (Å²) in [6.07, 6.45) is 0.730. The molecule has 1 aliphatic rings. The van der Waals surface area contributed by atoms with E-state index in [9.17, 15) is 10.0 Å². The zero-order chi connectivity index (χ0) is 13.9. The molecule has 0 aliphatic carbocycles. The summed E-state index contributed by atoms with van der Waals surface area (Å²) in [5.41, 5.74) is 1.95. The first-order valence-electron chi connectivity index (χ1n) is 6.84. The molecule has 2 aromatic carbocycles. The Kier molecular flexibility index (Phi) is 3.63. The third kappa shape index (κ3) is 2.50. The maximum Gasteiger partial charge on any atom is 0.136 e. The van der Waals surface area contributed by atoms with Crippen LogP contribution in [0, 0.1) is 0 Å². The molecule has 1 aliphatic heterocycles. The topological polar surface area (TPSA) is 40.5 Å². The number of hydroxylamine groups is 2. The summed E-state index contributed by atoms with van der Waals surface area (Å²) in [5, 5.41) is 11.9. The highest BCUT2D eigenvalue weighted by atomic mass is 16.5. The molecule has 1 N–H and O–H groups in total. The van der Waals surface area contributed by atoms with Crippen LogP contribution < -0.4 is 0 Å². The van der Waals surface area contributed by atoms with Gasteiger partial charge in [-0.15, -0.1) is 0 Å². The molecule has 0 bridgehead atoms. The van der Waals surface area contributed by atoms with Crippen molar-refractivity contribution in [2.75, 3.05) is 0 Å². The second-order valence-corrected chi connectivity index (χ2v) is 5.18. The normalized spacial score (nSPS) is 23.8. The average Bonchev–Trinajstić information content (AvgIpc) is 2.51. The minimum Gasteiger partial charge on any atom is -0.313 e. The van der Waals surface area contributed by atoms with E-state index in [0.717, 1.165) is 11.1 Å². The average molecular weight is 267 g/mol. The summed E-state index contributed by atoms with van der Waals surface area (Å²) in [6.45, 7) is 0.